The standard InChI is InChI=1S/C9H14O2/c1-6(10)4-9-5-7(2)11-8(9)3/h5-6,10H,4H2,1-3H3. The van der Waals surface area contributed by atoms with Gasteiger partial charge in [-0.05, 0) is 32.4 Å². The van der Waals surface area contributed by atoms with E-state index in [1.165, 1.54) is 0 Å². The molecule has 0 radical (unpaired) electrons. The Morgan fingerprint density at radius 2 is 2.18 bits per heavy atom. The molecule has 0 spiro atoms. The monoisotopic (exact) mass is 154 g/mol. The summed E-state index contributed by atoms with van der Waals surface area (Å²) in [6.07, 6.45) is 0.397. The molecule has 11 heavy (non-hydrogen) atoms. The van der Waals surface area contributed by atoms with Crippen molar-refractivity contribution in [1.29, 1.82) is 0 Å². The number of aliphatic hydroxyl groups is 1. The summed E-state index contributed by atoms with van der Waals surface area (Å²) in [5, 5.41) is 9.10. The number of furan rings is 1. The van der Waals surface area contributed by atoms with Gasteiger partial charge in [-0.1, -0.05) is 0 Å². The van der Waals surface area contributed by atoms with E-state index in [-0.39, 0.29) is 6.10 Å². The van der Waals surface area contributed by atoms with Gasteiger partial charge in [0, 0.05) is 6.42 Å². The lowest BCUT2D eigenvalue weighted by Crippen LogP contribution is -2.03. The van der Waals surface area contributed by atoms with E-state index in [9.17, 15) is 0 Å². The third kappa shape index (κ3) is 2.09. The molecule has 0 saturated carbocycles. The normalized spacial score (nSPS) is 13.5. The summed E-state index contributed by atoms with van der Waals surface area (Å²) in [6, 6.07) is 1.97. The van der Waals surface area contributed by atoms with E-state index in [0.717, 1.165) is 17.1 Å². The van der Waals surface area contributed by atoms with Crippen LogP contribution >= 0.6 is 0 Å². The van der Waals surface area contributed by atoms with Crippen LogP contribution in [0.15, 0.2) is 10.5 Å². The van der Waals surface area contributed by atoms with Gasteiger partial charge in [-0.2, -0.15) is 0 Å². The van der Waals surface area contributed by atoms with Crippen molar-refractivity contribution in [2.24, 2.45) is 0 Å². The van der Waals surface area contributed by atoms with Crippen molar-refractivity contribution in [3.8, 4) is 0 Å². The Kier molecular flexibility index (Phi) is 2.35. The van der Waals surface area contributed by atoms with Crippen LogP contribution in [0.3, 0.4) is 0 Å². The molecule has 1 rings (SSSR count). The zero-order valence-electron chi connectivity index (χ0n) is 7.22. The Bertz CT molecular complexity index is 236. The fourth-order valence-electron chi connectivity index (χ4n) is 1.20. The van der Waals surface area contributed by atoms with Gasteiger partial charge >= 0.3 is 0 Å². The smallest absolute Gasteiger partial charge is 0.104 e. The second-order valence-corrected chi connectivity index (χ2v) is 2.99. The molecule has 2 heteroatoms. The van der Waals surface area contributed by atoms with Gasteiger partial charge in [-0.15, -0.1) is 0 Å². The van der Waals surface area contributed by atoms with E-state index < -0.39 is 0 Å². The Labute approximate surface area is 66.8 Å². The summed E-state index contributed by atoms with van der Waals surface area (Å²) in [6.45, 7) is 5.62. The van der Waals surface area contributed by atoms with E-state index in [1.807, 2.05) is 19.9 Å². The van der Waals surface area contributed by atoms with Crippen molar-refractivity contribution >= 4 is 0 Å². The van der Waals surface area contributed by atoms with Crippen molar-refractivity contribution < 1.29 is 9.52 Å². The van der Waals surface area contributed by atoms with Crippen LogP contribution < -0.4 is 0 Å². The van der Waals surface area contributed by atoms with E-state index in [0.29, 0.717) is 6.42 Å². The first-order valence-electron chi connectivity index (χ1n) is 3.83. The summed E-state index contributed by atoms with van der Waals surface area (Å²) >= 11 is 0. The lowest BCUT2D eigenvalue weighted by Gasteiger charge is -2.00. The van der Waals surface area contributed by atoms with E-state index in [2.05, 4.69) is 0 Å². The molecule has 0 amide bonds. The van der Waals surface area contributed by atoms with Gasteiger partial charge in [0.1, 0.15) is 11.5 Å². The molecular formula is C9H14O2. The van der Waals surface area contributed by atoms with Crippen LogP contribution in [-0.2, 0) is 6.42 Å². The second-order valence-electron chi connectivity index (χ2n) is 2.99. The molecule has 62 valence electrons. The van der Waals surface area contributed by atoms with Gasteiger partial charge in [0.25, 0.3) is 0 Å². The second kappa shape index (κ2) is 3.09. The van der Waals surface area contributed by atoms with Gasteiger partial charge < -0.3 is 9.52 Å². The van der Waals surface area contributed by atoms with Crippen molar-refractivity contribution in [2.75, 3.05) is 0 Å². The summed E-state index contributed by atoms with van der Waals surface area (Å²) in [4.78, 5) is 0. The number of hydrogen-bond acceptors (Lipinski definition) is 2. The molecule has 1 atom stereocenters. The fraction of sp³-hybridized carbons (Fsp3) is 0.556. The van der Waals surface area contributed by atoms with Crippen molar-refractivity contribution in [3.05, 3.63) is 23.2 Å². The van der Waals surface area contributed by atoms with Gasteiger partial charge in [-0.25, -0.2) is 0 Å². The first kappa shape index (κ1) is 8.34. The SMILES string of the molecule is Cc1cc(CC(C)O)c(C)o1. The summed E-state index contributed by atoms with van der Waals surface area (Å²) in [7, 11) is 0. The number of aliphatic hydroxyl groups excluding tert-OH is 1. The topological polar surface area (TPSA) is 33.4 Å². The van der Waals surface area contributed by atoms with Crippen LogP contribution in [0.4, 0.5) is 0 Å². The maximum absolute atomic E-state index is 9.10. The minimum atomic E-state index is -0.286. The maximum atomic E-state index is 9.10. The largest absolute Gasteiger partial charge is 0.466 e. The minimum Gasteiger partial charge on any atom is -0.466 e. The molecule has 0 aliphatic rings. The van der Waals surface area contributed by atoms with Crippen LogP contribution in [0.5, 0.6) is 0 Å². The lowest BCUT2D eigenvalue weighted by molar-refractivity contribution is 0.195. The highest BCUT2D eigenvalue weighted by Gasteiger charge is 2.06. The Balaban J connectivity index is 2.77. The van der Waals surface area contributed by atoms with E-state index >= 15 is 0 Å². The molecule has 1 aromatic rings. The van der Waals surface area contributed by atoms with Crippen LogP contribution in [-0.4, -0.2) is 11.2 Å². The average molecular weight is 154 g/mol. The van der Waals surface area contributed by atoms with Gasteiger partial charge in [0.15, 0.2) is 0 Å². The number of rotatable bonds is 2. The summed E-state index contributed by atoms with van der Waals surface area (Å²) in [5.74, 6) is 1.83. The van der Waals surface area contributed by atoms with Crippen LogP contribution in [0.2, 0.25) is 0 Å². The van der Waals surface area contributed by atoms with Gasteiger partial charge in [0.2, 0.25) is 0 Å². The molecule has 0 aromatic carbocycles. The summed E-state index contributed by atoms with van der Waals surface area (Å²) in [5.41, 5.74) is 1.11. The Morgan fingerprint density at radius 3 is 2.55 bits per heavy atom. The van der Waals surface area contributed by atoms with Crippen molar-refractivity contribution in [3.63, 3.8) is 0 Å². The summed E-state index contributed by atoms with van der Waals surface area (Å²) < 4.78 is 5.30. The molecule has 0 bridgehead atoms. The maximum Gasteiger partial charge on any atom is 0.104 e. The molecule has 0 aliphatic heterocycles. The zero-order valence-corrected chi connectivity index (χ0v) is 7.22. The van der Waals surface area contributed by atoms with Crippen LogP contribution in [0, 0.1) is 13.8 Å². The molecule has 1 aromatic heterocycles. The molecule has 0 fully saturated rings. The first-order valence-corrected chi connectivity index (χ1v) is 3.83. The third-order valence-corrected chi connectivity index (χ3v) is 1.66. The number of hydrogen-bond donors (Lipinski definition) is 1. The van der Waals surface area contributed by atoms with Crippen LogP contribution in [0.25, 0.3) is 0 Å². The van der Waals surface area contributed by atoms with E-state index in [4.69, 9.17) is 9.52 Å². The quantitative estimate of drug-likeness (QED) is 0.704. The fourth-order valence-corrected chi connectivity index (χ4v) is 1.20. The first-order chi connectivity index (χ1) is 5.09. The molecule has 1 N–H and O–H groups in total. The molecular weight excluding hydrogens is 140 g/mol. The van der Waals surface area contributed by atoms with Gasteiger partial charge in [-0.3, -0.25) is 0 Å². The Morgan fingerprint density at radius 1 is 1.55 bits per heavy atom. The Hall–Kier alpha value is -0.760. The molecule has 1 unspecified atom stereocenters. The lowest BCUT2D eigenvalue weighted by atomic mass is 10.1. The minimum absolute atomic E-state index is 0.286. The molecule has 2 nitrogen and oxygen atoms in total. The van der Waals surface area contributed by atoms with Gasteiger partial charge in [0.05, 0.1) is 6.10 Å². The highest BCUT2D eigenvalue weighted by atomic mass is 16.3. The van der Waals surface area contributed by atoms with Crippen molar-refractivity contribution in [2.45, 2.75) is 33.3 Å². The van der Waals surface area contributed by atoms with Crippen molar-refractivity contribution in [1.82, 2.24) is 0 Å². The molecule has 0 saturated heterocycles. The predicted molar refractivity (Wildman–Crippen MR) is 43.6 cm³/mol. The van der Waals surface area contributed by atoms with E-state index in [1.54, 1.807) is 6.92 Å². The average Bonchev–Trinajstić information content (AvgIpc) is 2.09. The predicted octanol–water partition coefficient (Wildman–Crippen LogP) is 1.82. The molecule has 0 aliphatic carbocycles. The number of aryl methyl sites for hydroxylation is 2. The zero-order chi connectivity index (χ0) is 8.43. The highest BCUT2D eigenvalue weighted by molar-refractivity contribution is 5.20. The van der Waals surface area contributed by atoms with Crippen LogP contribution in [0.1, 0.15) is 24.0 Å². The third-order valence-electron chi connectivity index (χ3n) is 1.66. The molecule has 1 heterocycles. The highest BCUT2D eigenvalue weighted by Crippen LogP contribution is 2.15.